The lowest BCUT2D eigenvalue weighted by Crippen LogP contribution is -2.20. The summed E-state index contributed by atoms with van der Waals surface area (Å²) in [6.07, 6.45) is -4.65. The van der Waals surface area contributed by atoms with Crippen LogP contribution in [0.2, 0.25) is 0 Å². The minimum atomic E-state index is -4.65. The van der Waals surface area contributed by atoms with Crippen molar-refractivity contribution in [1.82, 2.24) is 15.3 Å². The molecule has 0 saturated heterocycles. The molecule has 2 aromatic heterocycles. The van der Waals surface area contributed by atoms with Crippen LogP contribution in [0.1, 0.15) is 49.6 Å². The predicted molar refractivity (Wildman–Crippen MR) is 126 cm³/mol. The predicted octanol–water partition coefficient (Wildman–Crippen LogP) is 5.53. The molecule has 0 saturated carbocycles. The van der Waals surface area contributed by atoms with Gasteiger partial charge in [-0.05, 0) is 36.1 Å². The van der Waals surface area contributed by atoms with E-state index in [1.165, 1.54) is 19.2 Å². The molecule has 0 radical (unpaired) electrons. The topological polar surface area (TPSA) is 114 Å². The van der Waals surface area contributed by atoms with E-state index in [0.717, 1.165) is 24.0 Å². The summed E-state index contributed by atoms with van der Waals surface area (Å²) in [5.74, 6) is 0.874. The Kier molecular flexibility index (Phi) is 10.3. The molecular formula is C24H31F3N4O3. The number of carbonyl (C=O) groups excluding carboxylic acids is 1. The molecule has 1 aromatic carbocycles. The number of alkyl halides is 3. The molecule has 186 valence electrons. The summed E-state index contributed by atoms with van der Waals surface area (Å²) in [6, 6.07) is 4.53. The lowest BCUT2D eigenvalue weighted by molar-refractivity contribution is -0.140. The average molecular weight is 481 g/mol. The second kappa shape index (κ2) is 12.2. The molecule has 0 bridgehead atoms. The number of aromatic nitrogens is 2. The molecule has 3 aromatic rings. The van der Waals surface area contributed by atoms with E-state index >= 15 is 0 Å². The third-order valence-electron chi connectivity index (χ3n) is 5.01. The summed E-state index contributed by atoms with van der Waals surface area (Å²) in [4.78, 5) is 19.4. The number of oxazole rings is 1. The number of rotatable bonds is 4. The molecule has 0 fully saturated rings. The minimum Gasteiger partial charge on any atom is -0.506 e. The first-order chi connectivity index (χ1) is 15.9. The molecule has 2 heterocycles. The van der Waals surface area contributed by atoms with Gasteiger partial charge in [-0.15, -0.1) is 13.2 Å². The molecule has 7 nitrogen and oxygen atoms in total. The molecule has 0 aliphatic carbocycles. The Morgan fingerprint density at radius 2 is 1.71 bits per heavy atom. The highest BCUT2D eigenvalue weighted by Gasteiger charge is 2.33. The van der Waals surface area contributed by atoms with Crippen LogP contribution < -0.4 is 11.1 Å². The van der Waals surface area contributed by atoms with E-state index in [2.05, 4.69) is 56.1 Å². The zero-order valence-electron chi connectivity index (χ0n) is 20.0. The van der Waals surface area contributed by atoms with E-state index in [0.29, 0.717) is 0 Å². The summed E-state index contributed by atoms with van der Waals surface area (Å²) in [7, 11) is 1.41. The molecular weight excluding hydrogens is 449 g/mol. The van der Waals surface area contributed by atoms with Gasteiger partial charge in [0, 0.05) is 18.0 Å². The number of benzene rings is 1. The average Bonchev–Trinajstić information content (AvgIpc) is 3.24. The van der Waals surface area contributed by atoms with Crippen molar-refractivity contribution in [3.8, 4) is 17.2 Å². The lowest BCUT2D eigenvalue weighted by atomic mass is 10.0. The zero-order chi connectivity index (χ0) is 26.2. The van der Waals surface area contributed by atoms with Gasteiger partial charge in [0.2, 0.25) is 5.89 Å². The van der Waals surface area contributed by atoms with Gasteiger partial charge in [0.1, 0.15) is 17.0 Å². The van der Waals surface area contributed by atoms with Crippen LogP contribution in [0.15, 0.2) is 41.8 Å². The second-order valence-corrected chi connectivity index (χ2v) is 7.78. The smallest absolute Gasteiger partial charge is 0.433 e. The zero-order valence-corrected chi connectivity index (χ0v) is 20.0. The standard InChI is InChI=1S/C16H13F3N4O3.C6H14.C2H4/c1-21-14(25)13-10(6-20)26-15(23-13)8-2-4-9(24)12-7(8)3-5-11(22-12)16(17,18)19;1-5(2)6(3)4;1-2/h2-5,24H,6,20H2,1H3,(H,21,25);5-6H,1-4H3;1-2H2. The van der Waals surface area contributed by atoms with Crippen molar-refractivity contribution in [2.24, 2.45) is 17.6 Å². The quantitative estimate of drug-likeness (QED) is 0.423. The van der Waals surface area contributed by atoms with Gasteiger partial charge in [-0.3, -0.25) is 4.79 Å². The van der Waals surface area contributed by atoms with Crippen LogP contribution in [0.4, 0.5) is 13.2 Å². The maximum absolute atomic E-state index is 12.9. The van der Waals surface area contributed by atoms with Gasteiger partial charge >= 0.3 is 6.18 Å². The molecule has 10 heteroatoms. The molecule has 0 spiro atoms. The van der Waals surface area contributed by atoms with Gasteiger partial charge < -0.3 is 20.6 Å². The van der Waals surface area contributed by atoms with Crippen LogP contribution >= 0.6 is 0 Å². The third-order valence-corrected chi connectivity index (χ3v) is 5.01. The Labute approximate surface area is 196 Å². The summed E-state index contributed by atoms with van der Waals surface area (Å²) in [5.41, 5.74) is 4.40. The van der Waals surface area contributed by atoms with Crippen LogP contribution in [0.5, 0.6) is 5.75 Å². The summed E-state index contributed by atoms with van der Waals surface area (Å²) in [6.45, 7) is 14.9. The number of nitrogens with zero attached hydrogens (tertiary/aromatic N) is 2. The number of phenolic OH excluding ortho intramolecular Hbond substituents is 1. The number of pyridine rings is 1. The van der Waals surface area contributed by atoms with E-state index < -0.39 is 23.5 Å². The van der Waals surface area contributed by atoms with E-state index in [1.54, 1.807) is 0 Å². The number of phenols is 1. The van der Waals surface area contributed by atoms with E-state index in [-0.39, 0.29) is 40.4 Å². The third kappa shape index (κ3) is 6.80. The first kappa shape index (κ1) is 28.6. The summed E-state index contributed by atoms with van der Waals surface area (Å²) >= 11 is 0. The number of aromatic hydroxyl groups is 1. The van der Waals surface area contributed by atoms with Gasteiger partial charge in [-0.2, -0.15) is 13.2 Å². The van der Waals surface area contributed by atoms with Crippen molar-refractivity contribution in [3.63, 3.8) is 0 Å². The minimum absolute atomic E-state index is 0.0180. The van der Waals surface area contributed by atoms with Crippen LogP contribution in [-0.2, 0) is 12.7 Å². The van der Waals surface area contributed by atoms with Gasteiger partial charge in [0.15, 0.2) is 11.5 Å². The van der Waals surface area contributed by atoms with Gasteiger partial charge in [0.25, 0.3) is 5.91 Å². The molecule has 0 aliphatic heterocycles. The van der Waals surface area contributed by atoms with Gasteiger partial charge in [0.05, 0.1) is 6.54 Å². The molecule has 0 atom stereocenters. The Morgan fingerprint density at radius 1 is 1.12 bits per heavy atom. The Bertz CT molecular complexity index is 1100. The van der Waals surface area contributed by atoms with Crippen LogP contribution in [0, 0.1) is 11.8 Å². The van der Waals surface area contributed by atoms with E-state index in [4.69, 9.17) is 10.2 Å². The van der Waals surface area contributed by atoms with E-state index in [9.17, 15) is 23.1 Å². The fraction of sp³-hybridized carbons (Fsp3) is 0.375. The second-order valence-electron chi connectivity index (χ2n) is 7.78. The van der Waals surface area contributed by atoms with Gasteiger partial charge in [-0.1, -0.05) is 27.7 Å². The summed E-state index contributed by atoms with van der Waals surface area (Å²) in [5, 5.41) is 12.5. The Balaban J connectivity index is 0.000000631. The molecule has 0 aliphatic rings. The highest BCUT2D eigenvalue weighted by atomic mass is 19.4. The normalized spacial score (nSPS) is 11.0. The lowest BCUT2D eigenvalue weighted by Gasteiger charge is -2.09. The first-order valence-corrected chi connectivity index (χ1v) is 10.5. The largest absolute Gasteiger partial charge is 0.506 e. The van der Waals surface area contributed by atoms with Crippen molar-refractivity contribution >= 4 is 16.8 Å². The number of nitrogens with one attached hydrogen (secondary N) is 1. The Morgan fingerprint density at radius 3 is 2.18 bits per heavy atom. The van der Waals surface area contributed by atoms with Gasteiger partial charge in [-0.25, -0.2) is 9.97 Å². The number of hydrogen-bond donors (Lipinski definition) is 3. The fourth-order valence-electron chi connectivity index (χ4n) is 2.45. The SMILES string of the molecule is C=C.CC(C)C(C)C.CNC(=O)c1nc(-c2ccc(O)c3nc(C(F)(F)F)ccc23)oc1CN. The van der Waals surface area contributed by atoms with Crippen molar-refractivity contribution in [2.45, 2.75) is 40.4 Å². The van der Waals surface area contributed by atoms with Crippen LogP contribution in [-0.4, -0.2) is 28.0 Å². The number of halogens is 3. The molecule has 1 amide bonds. The number of amides is 1. The number of nitrogens with two attached hydrogens (primary N) is 1. The first-order valence-electron chi connectivity index (χ1n) is 10.5. The van der Waals surface area contributed by atoms with Crippen molar-refractivity contribution in [1.29, 1.82) is 0 Å². The maximum atomic E-state index is 12.9. The van der Waals surface area contributed by atoms with Crippen LogP contribution in [0.3, 0.4) is 0 Å². The summed E-state index contributed by atoms with van der Waals surface area (Å²) < 4.78 is 44.1. The molecule has 34 heavy (non-hydrogen) atoms. The van der Waals surface area contributed by atoms with Crippen LogP contribution in [0.25, 0.3) is 22.4 Å². The molecule has 3 rings (SSSR count). The molecule has 0 unspecified atom stereocenters. The van der Waals surface area contributed by atoms with Crippen molar-refractivity contribution in [2.75, 3.05) is 7.05 Å². The molecule has 4 N–H and O–H groups in total. The van der Waals surface area contributed by atoms with E-state index in [1.807, 2.05) is 0 Å². The highest BCUT2D eigenvalue weighted by molar-refractivity contribution is 5.97. The van der Waals surface area contributed by atoms with Crippen molar-refractivity contribution < 1.29 is 27.5 Å². The number of hydrogen-bond acceptors (Lipinski definition) is 6. The Hall–Kier alpha value is -3.40. The maximum Gasteiger partial charge on any atom is 0.433 e. The number of carbonyl (C=O) groups is 1. The monoisotopic (exact) mass is 480 g/mol. The highest BCUT2D eigenvalue weighted by Crippen LogP contribution is 2.36. The number of fused-ring (bicyclic) bond motifs is 1. The fourth-order valence-corrected chi connectivity index (χ4v) is 2.45. The van der Waals surface area contributed by atoms with Crippen molar-refractivity contribution in [3.05, 3.63) is 54.6 Å².